The number of aliphatic hydroxyl groups is 1. The van der Waals surface area contributed by atoms with Gasteiger partial charge in [-0.25, -0.2) is 0 Å². The van der Waals surface area contributed by atoms with Crippen molar-refractivity contribution in [2.24, 2.45) is 0 Å². The number of likely N-dealkylation sites (N-methyl/N-ethyl adjacent to an activating group) is 1. The van der Waals surface area contributed by atoms with Gasteiger partial charge in [-0.3, -0.25) is 0 Å². The van der Waals surface area contributed by atoms with Gasteiger partial charge in [0.1, 0.15) is 0 Å². The fraction of sp³-hybridized carbons (Fsp3) is 1.00. The highest BCUT2D eigenvalue weighted by Crippen LogP contribution is 2.13. The zero-order valence-electron chi connectivity index (χ0n) is 5.46. The lowest BCUT2D eigenvalue weighted by atomic mass is 10.2. The minimum atomic E-state index is -0.0741. The molecule has 2 nitrogen and oxygen atoms in total. The Morgan fingerprint density at radius 2 is 2.25 bits per heavy atom. The number of rotatable bonds is 0. The minimum absolute atomic E-state index is 0.0741. The molecule has 8 heavy (non-hydrogen) atoms. The van der Waals surface area contributed by atoms with Crippen molar-refractivity contribution < 1.29 is 5.11 Å². The number of aliphatic hydroxyl groups excluding tert-OH is 1. The molecule has 1 saturated heterocycles. The molecule has 1 fully saturated rings. The monoisotopic (exact) mass is 115 g/mol. The zero-order chi connectivity index (χ0) is 6.15. The molecule has 0 aromatic rings. The molecule has 2 heteroatoms. The number of hydrogen-bond acceptors (Lipinski definition) is 2. The lowest BCUT2D eigenvalue weighted by molar-refractivity contribution is 0.182. The lowest BCUT2D eigenvalue weighted by Gasteiger charge is -2.11. The van der Waals surface area contributed by atoms with E-state index in [0.29, 0.717) is 6.04 Å². The van der Waals surface area contributed by atoms with Gasteiger partial charge in [0.15, 0.2) is 0 Å². The highest BCUT2D eigenvalue weighted by atomic mass is 16.3. The second-order valence-electron chi connectivity index (χ2n) is 2.68. The van der Waals surface area contributed by atoms with Crippen LogP contribution in [0, 0.1) is 0 Å². The van der Waals surface area contributed by atoms with Crippen LogP contribution in [0.15, 0.2) is 0 Å². The fourth-order valence-corrected chi connectivity index (χ4v) is 1.16. The van der Waals surface area contributed by atoms with E-state index < -0.39 is 0 Å². The Labute approximate surface area is 50.1 Å². The summed E-state index contributed by atoms with van der Waals surface area (Å²) in [7, 11) is 2.04. The highest BCUT2D eigenvalue weighted by Gasteiger charge is 2.23. The van der Waals surface area contributed by atoms with Crippen LogP contribution in [-0.2, 0) is 0 Å². The van der Waals surface area contributed by atoms with Crippen LogP contribution in [0.5, 0.6) is 0 Å². The third-order valence-corrected chi connectivity index (χ3v) is 1.86. The van der Waals surface area contributed by atoms with Gasteiger partial charge in [-0.05, 0) is 20.4 Å². The molecule has 0 unspecified atom stereocenters. The first-order chi connectivity index (χ1) is 3.70. The lowest BCUT2D eigenvalue weighted by Crippen LogP contribution is -2.21. The van der Waals surface area contributed by atoms with Crippen LogP contribution in [0.1, 0.15) is 13.3 Å². The summed E-state index contributed by atoms with van der Waals surface area (Å²) in [6, 6.07) is 0.574. The maximum Gasteiger partial charge on any atom is 0.0681 e. The molecular formula is C6H13NO. The van der Waals surface area contributed by atoms with E-state index in [-0.39, 0.29) is 6.10 Å². The van der Waals surface area contributed by atoms with Gasteiger partial charge >= 0.3 is 0 Å². The van der Waals surface area contributed by atoms with Crippen LogP contribution in [0.2, 0.25) is 0 Å². The largest absolute Gasteiger partial charge is 0.392 e. The summed E-state index contributed by atoms with van der Waals surface area (Å²) >= 11 is 0. The average molecular weight is 115 g/mol. The van der Waals surface area contributed by atoms with Crippen molar-refractivity contribution >= 4 is 0 Å². The Balaban J connectivity index is 2.39. The summed E-state index contributed by atoms with van der Waals surface area (Å²) in [5, 5.41) is 9.03. The Morgan fingerprint density at radius 3 is 2.38 bits per heavy atom. The maximum absolute atomic E-state index is 9.03. The number of nitrogens with zero attached hydrogens (tertiary/aromatic N) is 1. The molecule has 0 spiro atoms. The summed E-state index contributed by atoms with van der Waals surface area (Å²) in [5.41, 5.74) is 0. The summed E-state index contributed by atoms with van der Waals surface area (Å²) in [5.74, 6) is 0. The molecule has 1 N–H and O–H groups in total. The zero-order valence-corrected chi connectivity index (χ0v) is 5.46. The molecule has 0 aliphatic carbocycles. The third-order valence-electron chi connectivity index (χ3n) is 1.86. The number of hydrogen-bond donors (Lipinski definition) is 1. The van der Waals surface area contributed by atoms with Crippen LogP contribution in [0.4, 0.5) is 0 Å². The van der Waals surface area contributed by atoms with Crippen molar-refractivity contribution in [2.75, 3.05) is 13.6 Å². The van der Waals surface area contributed by atoms with E-state index in [1.807, 2.05) is 7.05 Å². The predicted molar refractivity (Wildman–Crippen MR) is 32.7 cm³/mol. The van der Waals surface area contributed by atoms with Crippen molar-refractivity contribution in [2.45, 2.75) is 25.5 Å². The summed E-state index contributed by atoms with van der Waals surface area (Å²) in [6.07, 6.45) is 0.867. The molecule has 1 aliphatic rings. The first kappa shape index (κ1) is 6.05. The van der Waals surface area contributed by atoms with Crippen LogP contribution < -0.4 is 0 Å². The van der Waals surface area contributed by atoms with E-state index in [9.17, 15) is 0 Å². The van der Waals surface area contributed by atoms with Gasteiger partial charge in [0, 0.05) is 12.6 Å². The smallest absolute Gasteiger partial charge is 0.0681 e. The Kier molecular flexibility index (Phi) is 1.54. The molecule has 0 bridgehead atoms. The Hall–Kier alpha value is -0.0800. The third kappa shape index (κ3) is 1.01. The van der Waals surface area contributed by atoms with E-state index in [2.05, 4.69) is 11.8 Å². The molecule has 0 aromatic heterocycles. The van der Waals surface area contributed by atoms with Gasteiger partial charge in [0.2, 0.25) is 0 Å². The molecule has 2 atom stereocenters. The molecule has 1 heterocycles. The van der Waals surface area contributed by atoms with Gasteiger partial charge in [-0.2, -0.15) is 0 Å². The summed E-state index contributed by atoms with van der Waals surface area (Å²) in [6.45, 7) is 2.98. The molecule has 0 aromatic carbocycles. The van der Waals surface area contributed by atoms with Gasteiger partial charge in [0.05, 0.1) is 6.10 Å². The first-order valence-corrected chi connectivity index (χ1v) is 3.08. The Bertz CT molecular complexity index is 74.6. The number of likely N-dealkylation sites (tertiary alicyclic amines) is 1. The first-order valence-electron chi connectivity index (χ1n) is 3.08. The maximum atomic E-state index is 9.03. The topological polar surface area (TPSA) is 23.5 Å². The average Bonchev–Trinajstić information content (AvgIpc) is 1.85. The van der Waals surface area contributed by atoms with Crippen molar-refractivity contribution in [3.8, 4) is 0 Å². The fourth-order valence-electron chi connectivity index (χ4n) is 1.16. The molecule has 0 radical (unpaired) electrons. The van der Waals surface area contributed by atoms with E-state index in [4.69, 9.17) is 5.11 Å². The normalized spacial score (nSPS) is 40.9. The minimum Gasteiger partial charge on any atom is -0.392 e. The van der Waals surface area contributed by atoms with Crippen LogP contribution in [-0.4, -0.2) is 35.7 Å². The van der Waals surface area contributed by atoms with E-state index in [1.165, 1.54) is 0 Å². The van der Waals surface area contributed by atoms with E-state index in [0.717, 1.165) is 13.0 Å². The number of β-amino-alcohol motifs (C(OH)–C–C–N with tert-alkyl or cyclic N) is 1. The second-order valence-corrected chi connectivity index (χ2v) is 2.68. The summed E-state index contributed by atoms with van der Waals surface area (Å²) in [4.78, 5) is 2.17. The standard InChI is InChI=1S/C6H13NO/c1-5-3-6(8)4-7(5)2/h5-6,8H,3-4H2,1-2H3/t5-,6+/m0/s1. The van der Waals surface area contributed by atoms with Crippen molar-refractivity contribution in [3.05, 3.63) is 0 Å². The SMILES string of the molecule is C[C@H]1C[C@@H](O)CN1C. The van der Waals surface area contributed by atoms with E-state index >= 15 is 0 Å². The van der Waals surface area contributed by atoms with Gasteiger partial charge in [0.25, 0.3) is 0 Å². The van der Waals surface area contributed by atoms with Crippen molar-refractivity contribution in [1.29, 1.82) is 0 Å². The molecule has 1 aliphatic heterocycles. The molecule has 48 valence electrons. The highest BCUT2D eigenvalue weighted by molar-refractivity contribution is 4.78. The predicted octanol–water partition coefficient (Wildman–Crippen LogP) is 0.0713. The van der Waals surface area contributed by atoms with Gasteiger partial charge in [-0.1, -0.05) is 0 Å². The van der Waals surface area contributed by atoms with Crippen LogP contribution in [0.3, 0.4) is 0 Å². The van der Waals surface area contributed by atoms with Crippen LogP contribution >= 0.6 is 0 Å². The van der Waals surface area contributed by atoms with E-state index in [1.54, 1.807) is 0 Å². The molecular weight excluding hydrogens is 102 g/mol. The van der Waals surface area contributed by atoms with Crippen molar-refractivity contribution in [3.63, 3.8) is 0 Å². The Morgan fingerprint density at radius 1 is 1.62 bits per heavy atom. The summed E-state index contributed by atoms with van der Waals surface area (Å²) < 4.78 is 0. The quantitative estimate of drug-likeness (QED) is 0.483. The second kappa shape index (κ2) is 2.03. The molecule has 0 saturated carbocycles. The van der Waals surface area contributed by atoms with Gasteiger partial charge in [-0.15, -0.1) is 0 Å². The van der Waals surface area contributed by atoms with Gasteiger partial charge < -0.3 is 10.0 Å². The molecule has 0 amide bonds. The molecule has 1 rings (SSSR count). The van der Waals surface area contributed by atoms with Crippen molar-refractivity contribution in [1.82, 2.24) is 4.90 Å². The van der Waals surface area contributed by atoms with Crippen LogP contribution in [0.25, 0.3) is 0 Å².